The zero-order valence-corrected chi connectivity index (χ0v) is 7.65. The van der Waals surface area contributed by atoms with E-state index in [2.05, 4.69) is 9.47 Å². The van der Waals surface area contributed by atoms with Crippen molar-refractivity contribution < 1.29 is 29.3 Å². The Hall–Kier alpha value is -1.30. The molecule has 0 amide bonds. The molecule has 0 aliphatic rings. The number of carboxylic acid groups (broad SMARTS) is 1. The van der Waals surface area contributed by atoms with Gasteiger partial charge in [-0.2, -0.15) is 0 Å². The maximum atomic E-state index is 10.3. The Labute approximate surface area is 76.1 Å². The van der Waals surface area contributed by atoms with Gasteiger partial charge in [0.15, 0.2) is 0 Å². The number of ether oxygens (including phenoxy) is 2. The lowest BCUT2D eigenvalue weighted by atomic mass is 10.4. The van der Waals surface area contributed by atoms with E-state index in [4.69, 9.17) is 10.2 Å². The second-order valence-electron chi connectivity index (χ2n) is 1.82. The summed E-state index contributed by atoms with van der Waals surface area (Å²) in [7, 11) is 1.00. The van der Waals surface area contributed by atoms with Crippen LogP contribution in [0.15, 0.2) is 0 Å². The van der Waals surface area contributed by atoms with Crippen molar-refractivity contribution in [3.8, 4) is 0 Å². The fraction of sp³-hybridized carbons (Fsp3) is 0.714. The Morgan fingerprint density at radius 3 is 2.23 bits per heavy atom. The molecule has 0 spiro atoms. The van der Waals surface area contributed by atoms with E-state index in [1.807, 2.05) is 6.92 Å². The van der Waals surface area contributed by atoms with Gasteiger partial charge in [-0.3, -0.25) is 0 Å². The van der Waals surface area contributed by atoms with Crippen LogP contribution < -0.4 is 0 Å². The molecule has 0 aromatic rings. The quantitative estimate of drug-likeness (QED) is 0.398. The molecule has 0 radical (unpaired) electrons. The second kappa shape index (κ2) is 10.7. The van der Waals surface area contributed by atoms with Gasteiger partial charge < -0.3 is 19.7 Å². The number of rotatable bonds is 3. The highest BCUT2D eigenvalue weighted by Crippen LogP contribution is 1.91. The summed E-state index contributed by atoms with van der Waals surface area (Å²) in [6, 6.07) is 0. The Morgan fingerprint density at radius 2 is 1.85 bits per heavy atom. The van der Waals surface area contributed by atoms with E-state index in [-0.39, 0.29) is 6.61 Å². The molecule has 78 valence electrons. The molecule has 0 fully saturated rings. The van der Waals surface area contributed by atoms with Crippen LogP contribution >= 0.6 is 0 Å². The summed E-state index contributed by atoms with van der Waals surface area (Å²) in [5, 5.41) is 14.9. The summed E-state index contributed by atoms with van der Waals surface area (Å²) >= 11 is 0. The van der Waals surface area contributed by atoms with Crippen LogP contribution in [-0.4, -0.2) is 36.2 Å². The summed E-state index contributed by atoms with van der Waals surface area (Å²) < 4.78 is 8.00. The number of hydrogen-bond acceptors (Lipinski definition) is 5. The van der Waals surface area contributed by atoms with Crippen molar-refractivity contribution in [1.82, 2.24) is 0 Å². The van der Waals surface area contributed by atoms with Crippen molar-refractivity contribution >= 4 is 12.3 Å². The maximum absolute atomic E-state index is 10.3. The van der Waals surface area contributed by atoms with Crippen molar-refractivity contribution in [2.45, 2.75) is 19.8 Å². The van der Waals surface area contributed by atoms with Crippen LogP contribution in [-0.2, 0) is 9.47 Å². The van der Waals surface area contributed by atoms with E-state index in [1.54, 1.807) is 0 Å². The van der Waals surface area contributed by atoms with E-state index in [1.165, 1.54) is 0 Å². The van der Waals surface area contributed by atoms with Gasteiger partial charge in [0.25, 0.3) is 0 Å². The molecule has 6 heteroatoms. The molecule has 0 bridgehead atoms. The molecule has 0 atom stereocenters. The van der Waals surface area contributed by atoms with Crippen LogP contribution in [0.4, 0.5) is 9.59 Å². The second-order valence-corrected chi connectivity index (χ2v) is 1.82. The molecule has 0 rings (SSSR count). The minimum atomic E-state index is -1.65. The molecule has 0 saturated heterocycles. The predicted molar refractivity (Wildman–Crippen MR) is 43.5 cm³/mol. The van der Waals surface area contributed by atoms with E-state index in [9.17, 15) is 9.59 Å². The van der Waals surface area contributed by atoms with Crippen molar-refractivity contribution in [2.24, 2.45) is 0 Å². The molecule has 0 aromatic heterocycles. The monoisotopic (exact) mass is 194 g/mol. The average molecular weight is 194 g/mol. The predicted octanol–water partition coefficient (Wildman–Crippen LogP) is 1.23. The number of hydrogen-bond donors (Lipinski definition) is 2. The first-order valence-corrected chi connectivity index (χ1v) is 3.69. The Kier molecular flexibility index (Phi) is 11.7. The van der Waals surface area contributed by atoms with Crippen molar-refractivity contribution in [2.75, 3.05) is 13.7 Å². The van der Waals surface area contributed by atoms with Crippen molar-refractivity contribution in [1.29, 1.82) is 0 Å². The third-order valence-electron chi connectivity index (χ3n) is 0.888. The molecular formula is C7H14O6. The summed E-state index contributed by atoms with van der Waals surface area (Å²) in [5.41, 5.74) is 0. The third kappa shape index (κ3) is 13.7. The minimum Gasteiger partial charge on any atom is -0.449 e. The van der Waals surface area contributed by atoms with Gasteiger partial charge in [-0.25, -0.2) is 9.59 Å². The smallest absolute Gasteiger partial charge is 0.449 e. The molecule has 0 heterocycles. The summed E-state index contributed by atoms with van der Waals surface area (Å²) in [4.78, 5) is 20.0. The highest BCUT2D eigenvalue weighted by Gasteiger charge is 2.07. The molecule has 0 saturated carbocycles. The van der Waals surface area contributed by atoms with E-state index >= 15 is 0 Å². The fourth-order valence-corrected chi connectivity index (χ4v) is 0.401. The van der Waals surface area contributed by atoms with Crippen LogP contribution in [0, 0.1) is 0 Å². The van der Waals surface area contributed by atoms with Gasteiger partial charge in [0.1, 0.15) is 0 Å². The fourth-order valence-electron chi connectivity index (χ4n) is 0.401. The summed E-state index contributed by atoms with van der Waals surface area (Å²) in [6.45, 7) is 2.12. The number of aliphatic hydroxyl groups is 1. The normalized spacial score (nSPS) is 7.92. The van der Waals surface area contributed by atoms with Crippen molar-refractivity contribution in [3.63, 3.8) is 0 Å². The topological polar surface area (TPSA) is 93.1 Å². The van der Waals surface area contributed by atoms with Crippen molar-refractivity contribution in [3.05, 3.63) is 0 Å². The minimum absolute atomic E-state index is 0.197. The highest BCUT2D eigenvalue weighted by atomic mass is 16.8. The lowest BCUT2D eigenvalue weighted by molar-refractivity contribution is 0.0540. The van der Waals surface area contributed by atoms with Gasteiger partial charge >= 0.3 is 12.3 Å². The zero-order chi connectivity index (χ0) is 10.7. The molecule has 2 N–H and O–H groups in total. The van der Waals surface area contributed by atoms with Gasteiger partial charge in [-0.1, -0.05) is 13.3 Å². The van der Waals surface area contributed by atoms with Crippen LogP contribution in [0.5, 0.6) is 0 Å². The van der Waals surface area contributed by atoms with Gasteiger partial charge in [-0.15, -0.1) is 0 Å². The molecule has 0 unspecified atom stereocenters. The van der Waals surface area contributed by atoms with E-state index in [0.29, 0.717) is 6.42 Å². The highest BCUT2D eigenvalue weighted by molar-refractivity contribution is 5.75. The number of unbranched alkanes of at least 4 members (excludes halogenated alkanes) is 1. The van der Waals surface area contributed by atoms with Crippen LogP contribution in [0.25, 0.3) is 0 Å². The molecule has 0 aliphatic carbocycles. The largest absolute Gasteiger partial charge is 0.518 e. The first-order chi connectivity index (χ1) is 6.16. The standard InChI is InChI=1S/C6H10O5.CH4O/c1-2-3-4-10-6(9)11-5(7)8;1-2/h2-4H2,1H3,(H,7,8);2H,1H3. The Morgan fingerprint density at radius 1 is 1.31 bits per heavy atom. The number of carbonyl (C=O) groups is 2. The number of carbonyl (C=O) groups excluding carboxylic acids is 1. The SMILES string of the molecule is CCCCOC(=O)OC(=O)O.CO. The van der Waals surface area contributed by atoms with Crippen LogP contribution in [0.2, 0.25) is 0 Å². The lowest BCUT2D eigenvalue weighted by Gasteiger charge is -1.99. The lowest BCUT2D eigenvalue weighted by Crippen LogP contribution is -2.12. The first kappa shape index (κ1) is 14.2. The number of aliphatic hydroxyl groups excluding tert-OH is 1. The first-order valence-electron chi connectivity index (χ1n) is 3.69. The molecule has 0 aromatic carbocycles. The maximum Gasteiger partial charge on any atom is 0.518 e. The van der Waals surface area contributed by atoms with Crippen LogP contribution in [0.3, 0.4) is 0 Å². The van der Waals surface area contributed by atoms with E-state index in [0.717, 1.165) is 13.5 Å². The summed E-state index contributed by atoms with van der Waals surface area (Å²) in [5.74, 6) is 0. The van der Waals surface area contributed by atoms with Crippen LogP contribution in [0.1, 0.15) is 19.8 Å². The third-order valence-corrected chi connectivity index (χ3v) is 0.888. The van der Waals surface area contributed by atoms with Gasteiger partial charge in [0, 0.05) is 7.11 Å². The molecule has 6 nitrogen and oxygen atoms in total. The van der Waals surface area contributed by atoms with Gasteiger partial charge in [0.2, 0.25) is 0 Å². The summed E-state index contributed by atoms with van der Waals surface area (Å²) in [6.07, 6.45) is -1.23. The zero-order valence-electron chi connectivity index (χ0n) is 7.65. The molecule has 13 heavy (non-hydrogen) atoms. The Bertz CT molecular complexity index is 144. The molecular weight excluding hydrogens is 180 g/mol. The Balaban J connectivity index is 0. The van der Waals surface area contributed by atoms with Gasteiger partial charge in [0.05, 0.1) is 6.61 Å². The van der Waals surface area contributed by atoms with Gasteiger partial charge in [-0.05, 0) is 6.42 Å². The van der Waals surface area contributed by atoms with E-state index < -0.39 is 12.3 Å². The molecule has 0 aliphatic heterocycles. The average Bonchev–Trinajstić information content (AvgIpc) is 2.07.